The van der Waals surface area contributed by atoms with Crippen LogP contribution in [0, 0.1) is 17.8 Å². The summed E-state index contributed by atoms with van der Waals surface area (Å²) in [4.78, 5) is 41.8. The van der Waals surface area contributed by atoms with Crippen LogP contribution in [0.3, 0.4) is 0 Å². The summed E-state index contributed by atoms with van der Waals surface area (Å²) in [5, 5.41) is 2.93. The van der Waals surface area contributed by atoms with Crippen LogP contribution in [-0.2, 0) is 19.1 Å². The van der Waals surface area contributed by atoms with Crippen LogP contribution in [0.5, 0.6) is 0 Å². The molecule has 1 aromatic heterocycles. The zero-order chi connectivity index (χ0) is 21.3. The number of nitrogens with one attached hydrogen (secondary N) is 1. The molecule has 0 unspecified atom stereocenters. The van der Waals surface area contributed by atoms with Crippen LogP contribution in [0.15, 0.2) is 65.3 Å². The molecule has 1 aromatic carbocycles. The summed E-state index contributed by atoms with van der Waals surface area (Å²) in [6.45, 7) is 1.85. The second-order valence-corrected chi connectivity index (χ2v) is 8.83. The van der Waals surface area contributed by atoms with E-state index in [0.29, 0.717) is 11.4 Å². The van der Waals surface area contributed by atoms with E-state index >= 15 is 0 Å². The van der Waals surface area contributed by atoms with E-state index in [-0.39, 0.29) is 29.9 Å². The standard InChI is InChI=1S/C24H22N2O5/c1-13-16(27)12-15(17-8-5-11-30-17)26-21(13)24-10-9-18(31-24)19(20(24)23(26)29)22(28)25-14-6-3-2-4-7-14/h2-11,13,15,18-21H,12H2,1H3,(H,25,28)/t13-,15-,18+,19-,20+,21+,24-/m0/s1. The maximum Gasteiger partial charge on any atom is 0.231 e. The van der Waals surface area contributed by atoms with Gasteiger partial charge in [-0.25, -0.2) is 0 Å². The number of furan rings is 1. The first kappa shape index (κ1) is 18.6. The molecule has 7 atom stereocenters. The van der Waals surface area contributed by atoms with Crippen LogP contribution in [0.25, 0.3) is 0 Å². The van der Waals surface area contributed by atoms with Crippen LogP contribution in [0.1, 0.15) is 25.1 Å². The van der Waals surface area contributed by atoms with Crippen molar-refractivity contribution < 1.29 is 23.5 Å². The van der Waals surface area contributed by atoms with Gasteiger partial charge in [-0.15, -0.1) is 0 Å². The molecule has 0 saturated carbocycles. The lowest BCUT2D eigenvalue weighted by atomic mass is 9.70. The number of anilines is 1. The molecule has 5 heterocycles. The molecule has 3 fully saturated rings. The summed E-state index contributed by atoms with van der Waals surface area (Å²) in [5.74, 6) is -1.44. The molecule has 0 aliphatic carbocycles. The fourth-order valence-electron chi connectivity index (χ4n) is 6.01. The number of nitrogens with zero attached hydrogens (tertiary/aromatic N) is 1. The highest BCUT2D eigenvalue weighted by atomic mass is 16.5. The monoisotopic (exact) mass is 418 g/mol. The topological polar surface area (TPSA) is 88.9 Å². The number of ether oxygens (including phenoxy) is 1. The minimum absolute atomic E-state index is 0.0723. The van der Waals surface area contributed by atoms with Gasteiger partial charge in [0.15, 0.2) is 0 Å². The van der Waals surface area contributed by atoms with Gasteiger partial charge in [-0.2, -0.15) is 0 Å². The van der Waals surface area contributed by atoms with Crippen LogP contribution in [0.2, 0.25) is 0 Å². The van der Waals surface area contributed by atoms with E-state index in [9.17, 15) is 14.4 Å². The number of para-hydroxylation sites is 1. The van der Waals surface area contributed by atoms with E-state index in [2.05, 4.69) is 5.32 Å². The summed E-state index contributed by atoms with van der Waals surface area (Å²) >= 11 is 0. The third kappa shape index (κ3) is 2.41. The first-order chi connectivity index (χ1) is 15.0. The Bertz CT molecular complexity index is 1090. The maximum absolute atomic E-state index is 13.8. The third-order valence-electron chi connectivity index (χ3n) is 7.30. The number of carbonyl (C=O) groups is 3. The minimum Gasteiger partial charge on any atom is -0.467 e. The van der Waals surface area contributed by atoms with E-state index in [1.165, 1.54) is 0 Å². The number of hydrogen-bond donors (Lipinski definition) is 1. The summed E-state index contributed by atoms with van der Waals surface area (Å²) < 4.78 is 11.9. The molecule has 158 valence electrons. The van der Waals surface area contributed by atoms with Crippen molar-refractivity contribution in [3.63, 3.8) is 0 Å². The van der Waals surface area contributed by atoms with E-state index in [1.807, 2.05) is 49.4 Å². The number of benzene rings is 1. The fraction of sp³-hybridized carbons (Fsp3) is 0.375. The average Bonchev–Trinajstić information content (AvgIpc) is 3.54. The van der Waals surface area contributed by atoms with E-state index < -0.39 is 35.6 Å². The predicted octanol–water partition coefficient (Wildman–Crippen LogP) is 2.72. The number of hydrogen-bond acceptors (Lipinski definition) is 5. The zero-order valence-electron chi connectivity index (χ0n) is 16.9. The van der Waals surface area contributed by atoms with Gasteiger partial charge in [-0.3, -0.25) is 14.4 Å². The van der Waals surface area contributed by atoms with Gasteiger partial charge in [0.25, 0.3) is 0 Å². The van der Waals surface area contributed by atoms with E-state index in [1.54, 1.807) is 23.3 Å². The summed E-state index contributed by atoms with van der Waals surface area (Å²) in [7, 11) is 0. The second kappa shape index (κ2) is 6.40. The van der Waals surface area contributed by atoms with Gasteiger partial charge < -0.3 is 19.4 Å². The van der Waals surface area contributed by atoms with Crippen molar-refractivity contribution in [1.82, 2.24) is 4.90 Å². The number of rotatable bonds is 3. The largest absolute Gasteiger partial charge is 0.467 e. The Balaban J connectivity index is 1.40. The van der Waals surface area contributed by atoms with Gasteiger partial charge in [0.1, 0.15) is 17.1 Å². The number of piperidine rings is 1. The van der Waals surface area contributed by atoms with Gasteiger partial charge in [-0.05, 0) is 24.3 Å². The Morgan fingerprint density at radius 1 is 1.16 bits per heavy atom. The SMILES string of the molecule is C[C@H]1C(=O)C[C@@H](c2ccco2)N2C(=O)[C@H]3[C@@H](C(=O)Nc4ccccc4)[C@H]4C=C[C@@]3(O4)[C@@H]12. The van der Waals surface area contributed by atoms with Gasteiger partial charge in [0.2, 0.25) is 11.8 Å². The van der Waals surface area contributed by atoms with Crippen molar-refractivity contribution in [2.75, 3.05) is 5.32 Å². The van der Waals surface area contributed by atoms with E-state index in [4.69, 9.17) is 9.15 Å². The highest BCUT2D eigenvalue weighted by Crippen LogP contribution is 2.59. The maximum atomic E-state index is 13.8. The summed E-state index contributed by atoms with van der Waals surface area (Å²) in [6.07, 6.45) is 5.05. The Hall–Kier alpha value is -3.19. The number of ketones is 1. The van der Waals surface area contributed by atoms with Crippen molar-refractivity contribution in [1.29, 1.82) is 0 Å². The van der Waals surface area contributed by atoms with Crippen molar-refractivity contribution in [3.8, 4) is 0 Å². The summed E-state index contributed by atoms with van der Waals surface area (Å²) in [5.41, 5.74) is -0.297. The van der Waals surface area contributed by atoms with Crippen molar-refractivity contribution in [2.24, 2.45) is 17.8 Å². The van der Waals surface area contributed by atoms with Crippen molar-refractivity contribution in [3.05, 3.63) is 66.6 Å². The molecule has 7 heteroatoms. The number of Topliss-reactive ketones (excluding diaryl/α,β-unsaturated/α-hetero) is 1. The molecule has 1 N–H and O–H groups in total. The highest BCUT2D eigenvalue weighted by Gasteiger charge is 2.74. The van der Waals surface area contributed by atoms with Crippen LogP contribution in [-0.4, -0.2) is 40.2 Å². The van der Waals surface area contributed by atoms with Gasteiger partial charge in [0, 0.05) is 18.0 Å². The van der Waals surface area contributed by atoms with Gasteiger partial charge in [0.05, 0.1) is 36.3 Å². The molecule has 4 aliphatic heterocycles. The van der Waals surface area contributed by atoms with Gasteiger partial charge in [-0.1, -0.05) is 37.3 Å². The van der Waals surface area contributed by atoms with Gasteiger partial charge >= 0.3 is 0 Å². The molecule has 1 spiro atoms. The number of amides is 2. The quantitative estimate of drug-likeness (QED) is 0.775. The average molecular weight is 418 g/mol. The molecule has 31 heavy (non-hydrogen) atoms. The second-order valence-electron chi connectivity index (χ2n) is 8.83. The first-order valence-corrected chi connectivity index (χ1v) is 10.6. The summed E-state index contributed by atoms with van der Waals surface area (Å²) in [6, 6.07) is 11.8. The lowest BCUT2D eigenvalue weighted by molar-refractivity contribution is -0.147. The molecule has 6 rings (SSSR count). The Morgan fingerprint density at radius 2 is 1.97 bits per heavy atom. The van der Waals surface area contributed by atoms with Crippen LogP contribution < -0.4 is 5.32 Å². The molecule has 7 nitrogen and oxygen atoms in total. The molecule has 2 aromatic rings. The Morgan fingerprint density at radius 3 is 2.71 bits per heavy atom. The van der Waals surface area contributed by atoms with Crippen LogP contribution in [0.4, 0.5) is 5.69 Å². The first-order valence-electron chi connectivity index (χ1n) is 10.6. The molecular formula is C24H22N2O5. The molecule has 0 radical (unpaired) electrons. The Kier molecular flexibility index (Phi) is 3.84. The predicted molar refractivity (Wildman–Crippen MR) is 110 cm³/mol. The van der Waals surface area contributed by atoms with E-state index in [0.717, 1.165) is 0 Å². The smallest absolute Gasteiger partial charge is 0.231 e. The van der Waals surface area contributed by atoms with Crippen LogP contribution >= 0.6 is 0 Å². The highest BCUT2D eigenvalue weighted by molar-refractivity contribution is 6.00. The van der Waals surface area contributed by atoms with Crippen molar-refractivity contribution >= 4 is 23.3 Å². The molecular weight excluding hydrogens is 396 g/mol. The fourth-order valence-corrected chi connectivity index (χ4v) is 6.01. The van der Waals surface area contributed by atoms with Crippen molar-refractivity contribution in [2.45, 2.75) is 37.1 Å². The number of fused-ring (bicyclic) bond motifs is 2. The normalized spacial score (nSPS) is 37.8. The number of carbonyl (C=O) groups excluding carboxylic acids is 3. The third-order valence-corrected chi connectivity index (χ3v) is 7.30. The molecule has 4 aliphatic rings. The molecule has 2 bridgehead atoms. The lowest BCUT2D eigenvalue weighted by Crippen LogP contribution is -2.55. The lowest BCUT2D eigenvalue weighted by Gasteiger charge is -2.43. The Labute approximate surface area is 179 Å². The minimum atomic E-state index is -0.971. The molecule has 2 amide bonds. The molecule has 3 saturated heterocycles. The zero-order valence-corrected chi connectivity index (χ0v) is 16.9.